The molecule has 1 aliphatic rings. The minimum Gasteiger partial charge on any atom is -0.481 e. The SMILES string of the molecule is O=C(/C=C/c1cc(Cl)ccc1Cl)NCC1(C(=O)O)CC1. The maximum atomic E-state index is 11.6. The number of halogens is 2. The predicted molar refractivity (Wildman–Crippen MR) is 77.8 cm³/mol. The van der Waals surface area contributed by atoms with Gasteiger partial charge in [0.05, 0.1) is 5.41 Å². The van der Waals surface area contributed by atoms with Crippen LogP contribution in [0.2, 0.25) is 10.0 Å². The van der Waals surface area contributed by atoms with Crippen LogP contribution in [0, 0.1) is 5.41 Å². The molecule has 0 aliphatic heterocycles. The minimum absolute atomic E-state index is 0.148. The first-order valence-electron chi connectivity index (χ1n) is 6.07. The Balaban J connectivity index is 1.93. The Hall–Kier alpha value is -1.52. The van der Waals surface area contributed by atoms with Crippen molar-refractivity contribution in [2.24, 2.45) is 5.41 Å². The number of carboxylic acid groups (broad SMARTS) is 1. The maximum Gasteiger partial charge on any atom is 0.311 e. The first-order chi connectivity index (χ1) is 9.43. The van der Waals surface area contributed by atoms with Gasteiger partial charge in [0, 0.05) is 22.7 Å². The van der Waals surface area contributed by atoms with E-state index >= 15 is 0 Å². The van der Waals surface area contributed by atoms with Gasteiger partial charge in [0.1, 0.15) is 0 Å². The molecule has 1 amide bonds. The van der Waals surface area contributed by atoms with Gasteiger partial charge in [-0.25, -0.2) is 0 Å². The maximum absolute atomic E-state index is 11.6. The van der Waals surface area contributed by atoms with Gasteiger partial charge < -0.3 is 10.4 Å². The molecule has 0 atom stereocenters. The van der Waals surface area contributed by atoms with Crippen LogP contribution >= 0.6 is 23.2 Å². The lowest BCUT2D eigenvalue weighted by molar-refractivity contribution is -0.143. The van der Waals surface area contributed by atoms with Crippen LogP contribution in [0.1, 0.15) is 18.4 Å². The Labute approximate surface area is 126 Å². The number of nitrogens with one attached hydrogen (secondary N) is 1. The van der Waals surface area contributed by atoms with E-state index in [0.29, 0.717) is 28.5 Å². The van der Waals surface area contributed by atoms with Gasteiger partial charge in [-0.05, 0) is 42.7 Å². The number of rotatable bonds is 5. The minimum atomic E-state index is -0.861. The molecule has 2 N–H and O–H groups in total. The Morgan fingerprint density at radius 1 is 1.35 bits per heavy atom. The summed E-state index contributed by atoms with van der Waals surface area (Å²) >= 11 is 11.8. The topological polar surface area (TPSA) is 66.4 Å². The third-order valence-corrected chi connectivity index (χ3v) is 3.86. The Kier molecular flexibility index (Phi) is 4.35. The van der Waals surface area contributed by atoms with Crippen LogP contribution in [0.15, 0.2) is 24.3 Å². The summed E-state index contributed by atoms with van der Waals surface area (Å²) in [5, 5.41) is 12.6. The third kappa shape index (κ3) is 3.52. The standard InChI is InChI=1S/C14H13Cl2NO3/c15-10-2-3-11(16)9(7-10)1-4-12(18)17-8-14(5-6-14)13(19)20/h1-4,7H,5-6,8H2,(H,17,18)(H,19,20)/b4-1+. The molecule has 1 aliphatic carbocycles. The van der Waals surface area contributed by atoms with E-state index in [1.54, 1.807) is 24.3 Å². The van der Waals surface area contributed by atoms with Crippen molar-refractivity contribution in [3.05, 3.63) is 39.9 Å². The second-order valence-electron chi connectivity index (χ2n) is 4.80. The zero-order valence-electron chi connectivity index (χ0n) is 10.5. The summed E-state index contributed by atoms with van der Waals surface area (Å²) < 4.78 is 0. The van der Waals surface area contributed by atoms with Crippen molar-refractivity contribution in [3.63, 3.8) is 0 Å². The molecule has 0 aromatic heterocycles. The molecule has 0 radical (unpaired) electrons. The summed E-state index contributed by atoms with van der Waals surface area (Å²) in [6, 6.07) is 4.95. The number of hydrogen-bond donors (Lipinski definition) is 2. The normalized spacial score (nSPS) is 16.1. The highest BCUT2D eigenvalue weighted by molar-refractivity contribution is 6.34. The molecule has 0 saturated heterocycles. The van der Waals surface area contributed by atoms with Crippen molar-refractivity contribution in [2.75, 3.05) is 6.54 Å². The highest BCUT2D eigenvalue weighted by Gasteiger charge is 2.50. The van der Waals surface area contributed by atoms with Gasteiger partial charge in [-0.3, -0.25) is 9.59 Å². The number of carboxylic acids is 1. The van der Waals surface area contributed by atoms with Crippen LogP contribution in [0.4, 0.5) is 0 Å². The fourth-order valence-electron chi connectivity index (χ4n) is 1.74. The fourth-order valence-corrected chi connectivity index (χ4v) is 2.10. The van der Waals surface area contributed by atoms with E-state index in [4.69, 9.17) is 28.3 Å². The van der Waals surface area contributed by atoms with Crippen LogP contribution in [0.25, 0.3) is 6.08 Å². The summed E-state index contributed by atoms with van der Waals surface area (Å²) in [5.41, 5.74) is -0.134. The second kappa shape index (κ2) is 5.85. The lowest BCUT2D eigenvalue weighted by Gasteiger charge is -2.09. The van der Waals surface area contributed by atoms with Gasteiger partial charge >= 0.3 is 5.97 Å². The van der Waals surface area contributed by atoms with E-state index in [1.807, 2.05) is 0 Å². The van der Waals surface area contributed by atoms with Gasteiger partial charge in [-0.2, -0.15) is 0 Å². The van der Waals surface area contributed by atoms with Crippen LogP contribution in [0.3, 0.4) is 0 Å². The monoisotopic (exact) mass is 313 g/mol. The van der Waals surface area contributed by atoms with E-state index in [0.717, 1.165) is 0 Å². The molecule has 4 nitrogen and oxygen atoms in total. The van der Waals surface area contributed by atoms with E-state index in [2.05, 4.69) is 5.32 Å². The van der Waals surface area contributed by atoms with Gasteiger partial charge in [-0.15, -0.1) is 0 Å². The lowest BCUT2D eigenvalue weighted by atomic mass is 10.1. The zero-order chi connectivity index (χ0) is 14.8. The number of hydrogen-bond acceptors (Lipinski definition) is 2. The summed E-state index contributed by atoms with van der Waals surface area (Å²) in [7, 11) is 0. The molecule has 0 bridgehead atoms. The fraction of sp³-hybridized carbons (Fsp3) is 0.286. The molecule has 1 saturated carbocycles. The van der Waals surface area contributed by atoms with Crippen LogP contribution in [0.5, 0.6) is 0 Å². The molecule has 1 aromatic rings. The largest absolute Gasteiger partial charge is 0.481 e. The van der Waals surface area contributed by atoms with Crippen molar-refractivity contribution in [2.45, 2.75) is 12.8 Å². The summed E-state index contributed by atoms with van der Waals surface area (Å²) in [5.74, 6) is -1.21. The van der Waals surface area contributed by atoms with Crippen molar-refractivity contribution >= 4 is 41.2 Å². The molecule has 0 heterocycles. The number of carbonyl (C=O) groups excluding carboxylic acids is 1. The average molecular weight is 314 g/mol. The number of amides is 1. The molecule has 1 fully saturated rings. The van der Waals surface area contributed by atoms with Gasteiger partial charge in [0.25, 0.3) is 0 Å². The Morgan fingerprint density at radius 3 is 2.65 bits per heavy atom. The average Bonchev–Trinajstić information content (AvgIpc) is 3.18. The quantitative estimate of drug-likeness (QED) is 0.821. The zero-order valence-corrected chi connectivity index (χ0v) is 12.0. The van der Waals surface area contributed by atoms with E-state index < -0.39 is 11.4 Å². The third-order valence-electron chi connectivity index (χ3n) is 3.28. The first kappa shape index (κ1) is 14.9. The predicted octanol–water partition coefficient (Wildman–Crippen LogP) is 2.99. The molecule has 6 heteroatoms. The van der Waals surface area contributed by atoms with E-state index in [1.165, 1.54) is 6.08 Å². The number of aliphatic carboxylic acids is 1. The van der Waals surface area contributed by atoms with Gasteiger partial charge in [0.2, 0.25) is 5.91 Å². The highest BCUT2D eigenvalue weighted by Crippen LogP contribution is 2.45. The Bertz CT molecular complexity index is 580. The molecule has 1 aromatic carbocycles. The molecular formula is C14H13Cl2NO3. The van der Waals surface area contributed by atoms with Crippen molar-refractivity contribution in [1.82, 2.24) is 5.32 Å². The van der Waals surface area contributed by atoms with Gasteiger partial charge in [-0.1, -0.05) is 23.2 Å². The molecular weight excluding hydrogens is 301 g/mol. The number of carbonyl (C=O) groups is 2. The van der Waals surface area contributed by atoms with E-state index in [9.17, 15) is 9.59 Å². The van der Waals surface area contributed by atoms with Gasteiger partial charge in [0.15, 0.2) is 0 Å². The molecule has 20 heavy (non-hydrogen) atoms. The Morgan fingerprint density at radius 2 is 2.05 bits per heavy atom. The summed E-state index contributed by atoms with van der Waals surface area (Å²) in [6.45, 7) is 0.148. The number of benzene rings is 1. The lowest BCUT2D eigenvalue weighted by Crippen LogP contribution is -2.33. The smallest absolute Gasteiger partial charge is 0.311 e. The van der Waals surface area contributed by atoms with Crippen molar-refractivity contribution in [1.29, 1.82) is 0 Å². The summed E-state index contributed by atoms with van der Waals surface area (Å²) in [4.78, 5) is 22.6. The highest BCUT2D eigenvalue weighted by atomic mass is 35.5. The molecule has 106 valence electrons. The van der Waals surface area contributed by atoms with E-state index in [-0.39, 0.29) is 12.5 Å². The van der Waals surface area contributed by atoms with Crippen LogP contribution < -0.4 is 5.32 Å². The first-order valence-corrected chi connectivity index (χ1v) is 6.83. The molecule has 2 rings (SSSR count). The van der Waals surface area contributed by atoms with Crippen molar-refractivity contribution < 1.29 is 14.7 Å². The second-order valence-corrected chi connectivity index (χ2v) is 5.65. The van der Waals surface area contributed by atoms with Crippen molar-refractivity contribution in [3.8, 4) is 0 Å². The molecule has 0 spiro atoms. The van der Waals surface area contributed by atoms with Crippen LogP contribution in [-0.2, 0) is 9.59 Å². The molecule has 0 unspecified atom stereocenters. The van der Waals surface area contributed by atoms with Crippen LogP contribution in [-0.4, -0.2) is 23.5 Å². The summed E-state index contributed by atoms with van der Waals surface area (Å²) in [6.07, 6.45) is 4.07.